The largest absolute Gasteiger partial charge is 0.478 e. The van der Waals surface area contributed by atoms with Crippen LogP contribution in [0.1, 0.15) is 26.5 Å². The molecule has 0 bridgehead atoms. The molecular weight excluding hydrogens is 325 g/mol. The molecule has 20 heavy (non-hydrogen) atoms. The van der Waals surface area contributed by atoms with Crippen molar-refractivity contribution >= 4 is 51.6 Å². The SMILES string of the molecule is Cc1nsc(NC(=O)c2nc(Cl)ccc2Cl)c1C(=O)O. The van der Waals surface area contributed by atoms with Crippen molar-refractivity contribution in [1.82, 2.24) is 9.36 Å². The monoisotopic (exact) mass is 331 g/mol. The van der Waals surface area contributed by atoms with Crippen LogP contribution in [0.2, 0.25) is 10.2 Å². The minimum Gasteiger partial charge on any atom is -0.478 e. The van der Waals surface area contributed by atoms with Gasteiger partial charge < -0.3 is 10.4 Å². The number of pyridine rings is 1. The van der Waals surface area contributed by atoms with Crippen molar-refractivity contribution in [2.24, 2.45) is 0 Å². The fourth-order valence-corrected chi connectivity index (χ4v) is 2.57. The number of carboxylic acids is 1. The summed E-state index contributed by atoms with van der Waals surface area (Å²) in [5, 5.41) is 11.8. The number of nitrogens with one attached hydrogen (secondary N) is 1. The van der Waals surface area contributed by atoms with Gasteiger partial charge in [-0.3, -0.25) is 4.79 Å². The summed E-state index contributed by atoms with van der Waals surface area (Å²) in [6.07, 6.45) is 0. The van der Waals surface area contributed by atoms with E-state index in [1.165, 1.54) is 12.1 Å². The van der Waals surface area contributed by atoms with Crippen LogP contribution in [0.25, 0.3) is 0 Å². The van der Waals surface area contributed by atoms with E-state index in [2.05, 4.69) is 14.7 Å². The Bertz CT molecular complexity index is 702. The zero-order valence-corrected chi connectivity index (χ0v) is 12.3. The van der Waals surface area contributed by atoms with E-state index < -0.39 is 11.9 Å². The second-order valence-electron chi connectivity index (χ2n) is 3.70. The summed E-state index contributed by atoms with van der Waals surface area (Å²) in [6, 6.07) is 2.88. The van der Waals surface area contributed by atoms with E-state index in [1.807, 2.05) is 0 Å². The third kappa shape index (κ3) is 2.90. The van der Waals surface area contributed by atoms with Gasteiger partial charge in [0, 0.05) is 0 Å². The molecule has 0 atom stereocenters. The van der Waals surface area contributed by atoms with E-state index in [4.69, 9.17) is 28.3 Å². The molecule has 9 heteroatoms. The molecule has 0 radical (unpaired) electrons. The maximum absolute atomic E-state index is 12.0. The number of aryl methyl sites for hydroxylation is 1. The molecule has 0 saturated heterocycles. The predicted octanol–water partition coefficient (Wildman–Crippen LogP) is 3.10. The molecule has 0 spiro atoms. The van der Waals surface area contributed by atoms with Gasteiger partial charge in [0.05, 0.1) is 10.7 Å². The van der Waals surface area contributed by atoms with Crippen LogP contribution in [-0.2, 0) is 0 Å². The van der Waals surface area contributed by atoms with Gasteiger partial charge in [-0.1, -0.05) is 23.2 Å². The van der Waals surface area contributed by atoms with E-state index in [9.17, 15) is 9.59 Å². The van der Waals surface area contributed by atoms with Gasteiger partial charge in [-0.05, 0) is 30.6 Å². The topological polar surface area (TPSA) is 92.2 Å². The quantitative estimate of drug-likeness (QED) is 0.843. The number of aromatic nitrogens is 2. The summed E-state index contributed by atoms with van der Waals surface area (Å²) in [4.78, 5) is 26.9. The highest BCUT2D eigenvalue weighted by molar-refractivity contribution is 7.11. The lowest BCUT2D eigenvalue weighted by Crippen LogP contribution is -2.15. The molecule has 0 aliphatic rings. The molecule has 2 N–H and O–H groups in total. The summed E-state index contributed by atoms with van der Waals surface area (Å²) in [6.45, 7) is 1.54. The van der Waals surface area contributed by atoms with E-state index >= 15 is 0 Å². The van der Waals surface area contributed by atoms with Crippen molar-refractivity contribution in [2.75, 3.05) is 5.32 Å². The van der Waals surface area contributed by atoms with E-state index in [0.29, 0.717) is 5.69 Å². The summed E-state index contributed by atoms with van der Waals surface area (Å²) < 4.78 is 3.89. The average Bonchev–Trinajstić information content (AvgIpc) is 2.73. The number of amides is 1. The third-order valence-electron chi connectivity index (χ3n) is 2.33. The van der Waals surface area contributed by atoms with Crippen LogP contribution in [0, 0.1) is 6.92 Å². The molecule has 0 saturated carbocycles. The Hall–Kier alpha value is -1.70. The first kappa shape index (κ1) is 14.7. The normalized spacial score (nSPS) is 10.3. The average molecular weight is 332 g/mol. The molecular formula is C11H7Cl2N3O3S. The lowest BCUT2D eigenvalue weighted by molar-refractivity contribution is 0.0697. The van der Waals surface area contributed by atoms with Crippen LogP contribution in [0.4, 0.5) is 5.00 Å². The maximum Gasteiger partial charge on any atom is 0.340 e. The number of carbonyl (C=O) groups is 2. The summed E-state index contributed by atoms with van der Waals surface area (Å²) in [5.74, 6) is -1.82. The third-order valence-corrected chi connectivity index (χ3v) is 3.70. The van der Waals surface area contributed by atoms with Gasteiger partial charge in [-0.2, -0.15) is 4.37 Å². The second-order valence-corrected chi connectivity index (χ2v) is 5.26. The lowest BCUT2D eigenvalue weighted by Gasteiger charge is -2.05. The smallest absolute Gasteiger partial charge is 0.340 e. The van der Waals surface area contributed by atoms with Crippen LogP contribution in [-0.4, -0.2) is 26.3 Å². The number of carboxylic acid groups (broad SMARTS) is 1. The fourth-order valence-electron chi connectivity index (χ4n) is 1.45. The van der Waals surface area contributed by atoms with Crippen LogP contribution >= 0.6 is 34.7 Å². The Morgan fingerprint density at radius 2 is 2.05 bits per heavy atom. The van der Waals surface area contributed by atoms with E-state index in [0.717, 1.165) is 11.5 Å². The zero-order chi connectivity index (χ0) is 14.9. The van der Waals surface area contributed by atoms with Crippen LogP contribution in [0.3, 0.4) is 0 Å². The molecule has 0 aliphatic carbocycles. The van der Waals surface area contributed by atoms with Gasteiger partial charge in [0.1, 0.15) is 21.4 Å². The molecule has 2 heterocycles. The molecule has 2 aromatic rings. The number of hydrogen-bond acceptors (Lipinski definition) is 5. The highest BCUT2D eigenvalue weighted by atomic mass is 35.5. The van der Waals surface area contributed by atoms with Crippen molar-refractivity contribution in [3.8, 4) is 0 Å². The van der Waals surface area contributed by atoms with Gasteiger partial charge in [0.2, 0.25) is 0 Å². The van der Waals surface area contributed by atoms with Crippen molar-refractivity contribution in [3.05, 3.63) is 39.3 Å². The molecule has 104 valence electrons. The van der Waals surface area contributed by atoms with E-state index in [-0.39, 0.29) is 26.4 Å². The highest BCUT2D eigenvalue weighted by Crippen LogP contribution is 2.26. The fraction of sp³-hybridized carbons (Fsp3) is 0.0909. The molecule has 0 fully saturated rings. The first-order valence-corrected chi connectivity index (χ1v) is 6.76. The lowest BCUT2D eigenvalue weighted by atomic mass is 10.2. The van der Waals surface area contributed by atoms with Crippen LogP contribution < -0.4 is 5.32 Å². The number of hydrogen-bond donors (Lipinski definition) is 2. The molecule has 0 aromatic carbocycles. The Morgan fingerprint density at radius 1 is 1.35 bits per heavy atom. The second kappa shape index (κ2) is 5.74. The van der Waals surface area contributed by atoms with Crippen molar-refractivity contribution < 1.29 is 14.7 Å². The molecule has 1 amide bonds. The summed E-state index contributed by atoms with van der Waals surface area (Å²) >= 11 is 12.4. The van der Waals surface area contributed by atoms with Crippen molar-refractivity contribution in [3.63, 3.8) is 0 Å². The Morgan fingerprint density at radius 3 is 2.70 bits per heavy atom. The van der Waals surface area contributed by atoms with Gasteiger partial charge in [-0.25, -0.2) is 9.78 Å². The number of carbonyl (C=O) groups excluding carboxylic acids is 1. The van der Waals surface area contributed by atoms with Crippen LogP contribution in [0.15, 0.2) is 12.1 Å². The summed E-state index contributed by atoms with van der Waals surface area (Å²) in [7, 11) is 0. The number of halogens is 2. The number of nitrogens with zero attached hydrogens (tertiary/aromatic N) is 2. The van der Waals surface area contributed by atoms with E-state index in [1.54, 1.807) is 6.92 Å². The van der Waals surface area contributed by atoms with Gasteiger partial charge in [0.15, 0.2) is 0 Å². The zero-order valence-electron chi connectivity index (χ0n) is 9.98. The van der Waals surface area contributed by atoms with Gasteiger partial charge >= 0.3 is 5.97 Å². The molecule has 0 unspecified atom stereocenters. The van der Waals surface area contributed by atoms with Crippen LogP contribution in [0.5, 0.6) is 0 Å². The Labute approximate surface area is 127 Å². The maximum atomic E-state index is 12.0. The number of aromatic carboxylic acids is 1. The molecule has 2 aromatic heterocycles. The minimum absolute atomic E-state index is 0.0542. The molecule has 2 rings (SSSR count). The highest BCUT2D eigenvalue weighted by Gasteiger charge is 2.21. The minimum atomic E-state index is -1.17. The Balaban J connectivity index is 2.33. The van der Waals surface area contributed by atoms with Gasteiger partial charge in [-0.15, -0.1) is 0 Å². The first-order chi connectivity index (χ1) is 9.40. The predicted molar refractivity (Wildman–Crippen MR) is 76.0 cm³/mol. The number of rotatable bonds is 3. The molecule has 6 nitrogen and oxygen atoms in total. The standard InChI is InChI=1S/C11H7Cl2N3O3S/c1-4-7(11(18)19)10(20-16-4)15-9(17)8-5(12)2-3-6(13)14-8/h2-3H,1H3,(H,15,17)(H,18,19). The summed E-state index contributed by atoms with van der Waals surface area (Å²) in [5.41, 5.74) is 0.186. The first-order valence-electron chi connectivity index (χ1n) is 5.23. The Kier molecular flexibility index (Phi) is 4.22. The van der Waals surface area contributed by atoms with Crippen molar-refractivity contribution in [1.29, 1.82) is 0 Å². The van der Waals surface area contributed by atoms with Crippen molar-refractivity contribution in [2.45, 2.75) is 6.92 Å². The van der Waals surface area contributed by atoms with Gasteiger partial charge in [0.25, 0.3) is 5.91 Å². The molecule has 0 aliphatic heterocycles. The number of anilines is 1.